The molecule has 12 heteroatoms. The van der Waals surface area contributed by atoms with Gasteiger partial charge in [-0.15, -0.1) is 23.5 Å². The fraction of sp³-hybridized carbons (Fsp3) is 0.360. The number of carbonyl (C=O) groups is 4. The van der Waals surface area contributed by atoms with Gasteiger partial charge in [0.05, 0.1) is 10.1 Å². The minimum atomic E-state index is -4.49. The molecule has 7 nitrogen and oxygen atoms in total. The van der Waals surface area contributed by atoms with Crippen molar-refractivity contribution in [3.63, 3.8) is 0 Å². The molecule has 0 bridgehead atoms. The Bertz CT molecular complexity index is 1150. The van der Waals surface area contributed by atoms with E-state index in [-0.39, 0.29) is 16.9 Å². The van der Waals surface area contributed by atoms with Gasteiger partial charge in [0, 0.05) is 42.5 Å². The first-order valence-electron chi connectivity index (χ1n) is 11.0. The molecule has 0 saturated carbocycles. The minimum absolute atomic E-state index is 0.117. The normalized spacial score (nSPS) is 21.6. The van der Waals surface area contributed by atoms with E-state index in [4.69, 9.17) is 14.2 Å². The van der Waals surface area contributed by atoms with Crippen molar-refractivity contribution in [2.75, 3.05) is 5.75 Å². The van der Waals surface area contributed by atoms with Gasteiger partial charge >= 0.3 is 24.1 Å². The number of hydrogen-bond acceptors (Lipinski definition) is 9. The lowest BCUT2D eigenvalue weighted by atomic mass is 10.0. The summed E-state index contributed by atoms with van der Waals surface area (Å²) in [4.78, 5) is 48.5. The van der Waals surface area contributed by atoms with Crippen LogP contribution in [0.3, 0.4) is 0 Å². The van der Waals surface area contributed by atoms with E-state index in [0.29, 0.717) is 4.90 Å². The smallest absolute Gasteiger partial charge is 0.416 e. The van der Waals surface area contributed by atoms with Crippen LogP contribution in [0.5, 0.6) is 0 Å². The van der Waals surface area contributed by atoms with Gasteiger partial charge < -0.3 is 14.2 Å². The van der Waals surface area contributed by atoms with Crippen molar-refractivity contribution in [3.8, 4) is 0 Å². The molecule has 2 aromatic rings. The summed E-state index contributed by atoms with van der Waals surface area (Å²) in [7, 11) is 0. The molecule has 0 amide bonds. The van der Waals surface area contributed by atoms with E-state index in [1.807, 2.05) is 0 Å². The van der Waals surface area contributed by atoms with E-state index >= 15 is 0 Å². The Balaban J connectivity index is 1.77. The van der Waals surface area contributed by atoms with E-state index in [1.165, 1.54) is 44.3 Å². The number of hydrogen-bond donors (Lipinski definition) is 0. The Morgan fingerprint density at radius 1 is 0.784 bits per heavy atom. The largest absolute Gasteiger partial charge is 0.458 e. The average Bonchev–Trinajstić information content (AvgIpc) is 2.81. The second kappa shape index (κ2) is 12.0. The number of ketones is 1. The molecule has 3 rings (SSSR count). The molecular formula is C25H23F3O7S2. The van der Waals surface area contributed by atoms with Crippen LogP contribution in [0.4, 0.5) is 13.2 Å². The van der Waals surface area contributed by atoms with Crippen LogP contribution in [-0.4, -0.2) is 52.3 Å². The SMILES string of the molecule is CC(=O)O[C@@H]1[C@@H](OC(C)=O)[C@@H](Sc2ccc(C(=O)c3ccc(C(F)(F)F)cc3)cc2)SC[C@H]1OC(C)=O. The monoisotopic (exact) mass is 556 g/mol. The van der Waals surface area contributed by atoms with Gasteiger partial charge in [0.2, 0.25) is 0 Å². The van der Waals surface area contributed by atoms with Gasteiger partial charge in [0.25, 0.3) is 0 Å². The fourth-order valence-corrected chi connectivity index (χ4v) is 6.39. The molecule has 0 N–H and O–H groups in total. The molecule has 1 saturated heterocycles. The van der Waals surface area contributed by atoms with Crippen molar-refractivity contribution in [3.05, 3.63) is 65.2 Å². The third-order valence-corrected chi connectivity index (χ3v) is 8.01. The van der Waals surface area contributed by atoms with Crippen LogP contribution in [0.1, 0.15) is 42.3 Å². The summed E-state index contributed by atoms with van der Waals surface area (Å²) in [5.74, 6) is -1.94. The summed E-state index contributed by atoms with van der Waals surface area (Å²) in [6.07, 6.45) is -7.24. The first-order chi connectivity index (χ1) is 17.3. The molecule has 0 spiro atoms. The molecule has 0 unspecified atom stereocenters. The van der Waals surface area contributed by atoms with Crippen LogP contribution in [0.25, 0.3) is 0 Å². The summed E-state index contributed by atoms with van der Waals surface area (Å²) in [6.45, 7) is 3.64. The van der Waals surface area contributed by atoms with Gasteiger partial charge in [-0.05, 0) is 36.4 Å². The maximum Gasteiger partial charge on any atom is 0.416 e. The summed E-state index contributed by atoms with van der Waals surface area (Å²) < 4.78 is 54.0. The number of ether oxygens (including phenoxy) is 3. The average molecular weight is 557 g/mol. The van der Waals surface area contributed by atoms with E-state index in [0.717, 1.165) is 24.3 Å². The van der Waals surface area contributed by atoms with Crippen LogP contribution >= 0.6 is 23.5 Å². The second-order valence-electron chi connectivity index (χ2n) is 8.04. The van der Waals surface area contributed by atoms with Crippen LogP contribution in [0.15, 0.2) is 53.4 Å². The van der Waals surface area contributed by atoms with Gasteiger partial charge in [-0.2, -0.15) is 13.2 Å². The number of alkyl halides is 3. The highest BCUT2D eigenvalue weighted by Crippen LogP contribution is 2.42. The van der Waals surface area contributed by atoms with Gasteiger partial charge in [0.15, 0.2) is 24.1 Å². The standard InChI is InChI=1S/C25H23F3O7S2/c1-13(29)33-20-12-36-24(23(35-15(3)31)22(20)34-14(2)30)37-19-10-6-17(7-11-19)21(32)16-4-8-18(9-5-16)25(26,27)28/h4-11,20,22-24H,12H2,1-3H3/t20-,22+,23-,24-/m1/s1. The number of rotatable bonds is 7. The minimum Gasteiger partial charge on any atom is -0.458 e. The number of benzene rings is 2. The maximum absolute atomic E-state index is 12.8. The maximum atomic E-state index is 12.8. The lowest BCUT2D eigenvalue weighted by Gasteiger charge is -2.39. The third-order valence-electron chi connectivity index (χ3n) is 5.15. The highest BCUT2D eigenvalue weighted by Gasteiger charge is 2.46. The first-order valence-corrected chi connectivity index (χ1v) is 12.9. The van der Waals surface area contributed by atoms with Crippen molar-refractivity contribution in [2.24, 2.45) is 0 Å². The van der Waals surface area contributed by atoms with E-state index < -0.39 is 58.3 Å². The molecule has 0 aliphatic carbocycles. The summed E-state index contributed by atoms with van der Waals surface area (Å²) in [5, 5.41) is 0. The molecule has 1 aliphatic heterocycles. The van der Waals surface area contributed by atoms with Crippen LogP contribution in [0.2, 0.25) is 0 Å². The van der Waals surface area contributed by atoms with Crippen molar-refractivity contribution < 1.29 is 46.6 Å². The van der Waals surface area contributed by atoms with Crippen molar-refractivity contribution in [1.29, 1.82) is 0 Å². The van der Waals surface area contributed by atoms with Gasteiger partial charge in [-0.25, -0.2) is 0 Å². The number of thioether (sulfide) groups is 2. The summed E-state index contributed by atoms with van der Waals surface area (Å²) >= 11 is 2.66. The lowest BCUT2D eigenvalue weighted by molar-refractivity contribution is -0.180. The Labute approximate surface area is 219 Å². The predicted octanol–water partition coefficient (Wildman–Crippen LogP) is 4.90. The number of halogens is 3. The molecule has 0 radical (unpaired) electrons. The molecule has 2 aromatic carbocycles. The van der Waals surface area contributed by atoms with Gasteiger partial charge in [-0.3, -0.25) is 19.2 Å². The van der Waals surface area contributed by atoms with Crippen LogP contribution in [0, 0.1) is 0 Å². The fourth-order valence-electron chi connectivity index (χ4n) is 3.61. The zero-order valence-corrected chi connectivity index (χ0v) is 21.6. The highest BCUT2D eigenvalue weighted by atomic mass is 32.2. The Kier molecular flexibility index (Phi) is 9.30. The summed E-state index contributed by atoms with van der Waals surface area (Å²) in [5.41, 5.74) is -0.442. The van der Waals surface area contributed by atoms with Gasteiger partial charge in [-0.1, -0.05) is 12.1 Å². The second-order valence-corrected chi connectivity index (χ2v) is 10.7. The Hall–Kier alpha value is -2.99. The van der Waals surface area contributed by atoms with Crippen LogP contribution in [-0.2, 0) is 34.8 Å². The number of carbonyl (C=O) groups excluding carboxylic acids is 4. The summed E-state index contributed by atoms with van der Waals surface area (Å²) in [6, 6.07) is 10.4. The van der Waals surface area contributed by atoms with Crippen LogP contribution < -0.4 is 0 Å². The third kappa shape index (κ3) is 7.75. The molecular weight excluding hydrogens is 533 g/mol. The van der Waals surface area contributed by atoms with Gasteiger partial charge in [0.1, 0.15) is 0 Å². The van der Waals surface area contributed by atoms with Crippen molar-refractivity contribution >= 4 is 47.2 Å². The lowest BCUT2D eigenvalue weighted by Crippen LogP contribution is -2.53. The van der Waals surface area contributed by atoms with E-state index in [9.17, 15) is 32.3 Å². The Morgan fingerprint density at radius 2 is 1.27 bits per heavy atom. The Morgan fingerprint density at radius 3 is 1.76 bits per heavy atom. The first kappa shape index (κ1) is 28.6. The predicted molar refractivity (Wildman–Crippen MR) is 130 cm³/mol. The van der Waals surface area contributed by atoms with E-state index in [1.54, 1.807) is 24.3 Å². The molecule has 1 fully saturated rings. The highest BCUT2D eigenvalue weighted by molar-refractivity contribution is 8.17. The molecule has 198 valence electrons. The molecule has 4 atom stereocenters. The van der Waals surface area contributed by atoms with Crippen molar-refractivity contribution in [1.82, 2.24) is 0 Å². The number of esters is 3. The molecule has 1 heterocycles. The molecule has 1 aliphatic rings. The van der Waals surface area contributed by atoms with E-state index in [2.05, 4.69) is 0 Å². The zero-order chi connectivity index (χ0) is 27.3. The molecule has 0 aromatic heterocycles. The topological polar surface area (TPSA) is 96.0 Å². The molecule has 37 heavy (non-hydrogen) atoms. The zero-order valence-electron chi connectivity index (χ0n) is 19.9. The van der Waals surface area contributed by atoms with Crippen molar-refractivity contribution in [2.45, 2.75) is 54.7 Å². The quantitative estimate of drug-likeness (QED) is 0.268.